The third-order valence-electron chi connectivity index (χ3n) is 14.7. The Morgan fingerprint density at radius 3 is 2.31 bits per heavy atom. The van der Waals surface area contributed by atoms with Crippen LogP contribution in [0, 0.1) is 45.3 Å². The monoisotopic (exact) mass is 657 g/mol. The largest absolute Gasteiger partial charge is 0.478 e. The first-order chi connectivity index (χ1) is 22.7. The molecule has 6 heteroatoms. The summed E-state index contributed by atoms with van der Waals surface area (Å²) < 4.78 is 0. The van der Waals surface area contributed by atoms with Crippen LogP contribution in [0.15, 0.2) is 67.2 Å². The van der Waals surface area contributed by atoms with Crippen molar-refractivity contribution in [3.63, 3.8) is 0 Å². The highest BCUT2D eigenvalue weighted by Crippen LogP contribution is 2.76. The van der Waals surface area contributed by atoms with Gasteiger partial charge in [-0.25, -0.2) is 4.79 Å². The Bertz CT molecular complexity index is 1430. The van der Waals surface area contributed by atoms with Crippen molar-refractivity contribution in [3.8, 4) is 0 Å². The number of benzene rings is 1. The fraction of sp³-hybridized carbons (Fsp3) is 0.643. The zero-order chi connectivity index (χ0) is 35.0. The Morgan fingerprint density at radius 1 is 0.938 bits per heavy atom. The number of fused-ring (bicyclic) bond motifs is 7. The van der Waals surface area contributed by atoms with Gasteiger partial charge in [-0.15, -0.1) is 6.58 Å². The molecule has 4 fully saturated rings. The molecule has 7 unspecified atom stereocenters. The predicted octanol–water partition coefficient (Wildman–Crippen LogP) is 8.63. The van der Waals surface area contributed by atoms with Crippen molar-refractivity contribution in [1.82, 2.24) is 10.6 Å². The molecule has 6 nitrogen and oxygen atoms in total. The van der Waals surface area contributed by atoms with Crippen molar-refractivity contribution in [2.45, 2.75) is 111 Å². The highest BCUT2D eigenvalue weighted by Gasteiger charge is 2.69. The molecule has 0 spiro atoms. The van der Waals surface area contributed by atoms with E-state index in [-0.39, 0.29) is 16.4 Å². The molecule has 8 atom stereocenters. The standard InChI is InChI=1S/C39H58N4O2.C3H6/c1-35(2)28(26-10-12-27(13-11-26)34(44)45)16-19-36(3)31(35)17-20-38(5)32(36)15-14-29-30-8-6-18-39(30,22-21-37(29,38)4)43-25-24-42-33(41)9-7-23-40;1-3-2/h7,9-13,16,23,29-32,42-43H,6,8,14-15,17-22,24-25,40-41H2,1-5H3,(H,44,45);3H,1H2,2H3/b23-7-,33-9+;/t29?,30?,31?,32?,36?,37-,38?,39?;/m1./s1. The third kappa shape index (κ3) is 5.94. The molecule has 264 valence electrons. The van der Waals surface area contributed by atoms with Crippen LogP contribution in [-0.2, 0) is 0 Å². The van der Waals surface area contributed by atoms with Crippen LogP contribution >= 0.6 is 0 Å². The average Bonchev–Trinajstić information content (AvgIpc) is 3.47. The number of hydrogen-bond acceptors (Lipinski definition) is 5. The van der Waals surface area contributed by atoms with E-state index >= 15 is 0 Å². The summed E-state index contributed by atoms with van der Waals surface area (Å²) >= 11 is 0. The van der Waals surface area contributed by atoms with Gasteiger partial charge in [0.2, 0.25) is 0 Å². The Morgan fingerprint density at radius 2 is 1.65 bits per heavy atom. The minimum Gasteiger partial charge on any atom is -0.478 e. The summed E-state index contributed by atoms with van der Waals surface area (Å²) in [5.74, 6) is 2.69. The fourth-order valence-corrected chi connectivity index (χ4v) is 12.5. The maximum atomic E-state index is 11.5. The minimum atomic E-state index is -0.860. The first kappa shape index (κ1) is 36.3. The van der Waals surface area contributed by atoms with Crippen molar-refractivity contribution in [3.05, 3.63) is 78.3 Å². The van der Waals surface area contributed by atoms with Gasteiger partial charge in [-0.3, -0.25) is 0 Å². The molecule has 0 saturated heterocycles. The molecule has 0 heterocycles. The quantitative estimate of drug-likeness (QED) is 0.109. The number of nitrogens with one attached hydrogen (secondary N) is 2. The van der Waals surface area contributed by atoms with Crippen LogP contribution in [0.3, 0.4) is 0 Å². The van der Waals surface area contributed by atoms with Gasteiger partial charge in [0.25, 0.3) is 0 Å². The maximum Gasteiger partial charge on any atom is 0.335 e. The molecule has 5 aliphatic rings. The summed E-state index contributed by atoms with van der Waals surface area (Å²) in [6.45, 7) is 20.0. The summed E-state index contributed by atoms with van der Waals surface area (Å²) in [5.41, 5.74) is 15.8. The van der Waals surface area contributed by atoms with Crippen molar-refractivity contribution < 1.29 is 9.90 Å². The number of carbonyl (C=O) groups is 1. The lowest BCUT2D eigenvalue weighted by Crippen LogP contribution is -2.67. The van der Waals surface area contributed by atoms with Crippen molar-refractivity contribution in [1.29, 1.82) is 0 Å². The zero-order valence-electron chi connectivity index (χ0n) is 30.7. The zero-order valence-corrected chi connectivity index (χ0v) is 30.7. The molecule has 0 amide bonds. The lowest BCUT2D eigenvalue weighted by Gasteiger charge is -2.72. The Balaban J connectivity index is 0.00000145. The topological polar surface area (TPSA) is 113 Å². The van der Waals surface area contributed by atoms with Gasteiger partial charge in [0, 0.05) is 18.6 Å². The van der Waals surface area contributed by atoms with Gasteiger partial charge in [-0.1, -0.05) is 65.3 Å². The maximum absolute atomic E-state index is 11.5. The summed E-state index contributed by atoms with van der Waals surface area (Å²) in [6.07, 6.45) is 22.4. The van der Waals surface area contributed by atoms with Crippen molar-refractivity contribution in [2.24, 2.45) is 56.8 Å². The second kappa shape index (κ2) is 13.7. The van der Waals surface area contributed by atoms with Gasteiger partial charge in [0.15, 0.2) is 0 Å². The molecular weight excluding hydrogens is 592 g/mol. The first-order valence-electron chi connectivity index (χ1n) is 18.7. The Labute approximate surface area is 291 Å². The summed E-state index contributed by atoms with van der Waals surface area (Å²) in [4.78, 5) is 11.5. The van der Waals surface area contributed by atoms with Gasteiger partial charge < -0.3 is 27.2 Å². The fourth-order valence-electron chi connectivity index (χ4n) is 12.5. The van der Waals surface area contributed by atoms with Crippen molar-refractivity contribution >= 4 is 11.5 Å². The van der Waals surface area contributed by atoms with Crippen LogP contribution in [0.25, 0.3) is 5.57 Å². The summed E-state index contributed by atoms with van der Waals surface area (Å²) in [6, 6.07) is 7.61. The van der Waals surface area contributed by atoms with E-state index in [9.17, 15) is 9.90 Å². The average molecular weight is 657 g/mol. The van der Waals surface area contributed by atoms with E-state index in [4.69, 9.17) is 11.5 Å². The van der Waals surface area contributed by atoms with Crippen molar-refractivity contribution in [2.75, 3.05) is 13.1 Å². The third-order valence-corrected chi connectivity index (χ3v) is 14.7. The lowest BCUT2D eigenvalue weighted by atomic mass is 9.33. The molecule has 4 saturated carbocycles. The normalized spacial score (nSPS) is 38.3. The number of hydrogen-bond donors (Lipinski definition) is 5. The first-order valence-corrected chi connectivity index (χ1v) is 18.7. The summed E-state index contributed by atoms with van der Waals surface area (Å²) in [7, 11) is 0. The van der Waals surface area contributed by atoms with Crippen LogP contribution in [0.1, 0.15) is 122 Å². The van der Waals surface area contributed by atoms with E-state index in [2.05, 4.69) is 57.9 Å². The number of carboxylic acids is 1. The van der Waals surface area contributed by atoms with Crippen LogP contribution < -0.4 is 22.1 Å². The van der Waals surface area contributed by atoms with E-state index in [0.717, 1.165) is 37.3 Å². The van der Waals surface area contributed by atoms with Gasteiger partial charge in [0.05, 0.1) is 11.4 Å². The Kier molecular flexibility index (Phi) is 10.4. The molecule has 0 radical (unpaired) electrons. The van der Waals surface area contributed by atoms with E-state index in [1.165, 1.54) is 75.1 Å². The highest BCUT2D eigenvalue weighted by atomic mass is 16.4. The number of allylic oxidation sites excluding steroid dienone is 5. The number of nitrogens with two attached hydrogens (primary N) is 2. The Hall–Kier alpha value is -2.99. The molecule has 1 aromatic rings. The predicted molar refractivity (Wildman–Crippen MR) is 200 cm³/mol. The van der Waals surface area contributed by atoms with Gasteiger partial charge >= 0.3 is 5.97 Å². The minimum absolute atomic E-state index is 0.0428. The number of aromatic carboxylic acids is 1. The summed E-state index contributed by atoms with van der Waals surface area (Å²) in [5, 5.41) is 16.9. The van der Waals surface area contributed by atoms with E-state index in [0.29, 0.717) is 28.1 Å². The van der Waals surface area contributed by atoms with E-state index in [1.54, 1.807) is 24.3 Å². The smallest absolute Gasteiger partial charge is 0.335 e. The lowest BCUT2D eigenvalue weighted by molar-refractivity contribution is -0.216. The second-order valence-corrected chi connectivity index (χ2v) is 17.0. The molecule has 0 aromatic heterocycles. The molecule has 0 aliphatic heterocycles. The van der Waals surface area contributed by atoms with Gasteiger partial charge in [0.1, 0.15) is 0 Å². The molecule has 48 heavy (non-hydrogen) atoms. The van der Waals surface area contributed by atoms with Gasteiger partial charge in [-0.2, -0.15) is 0 Å². The van der Waals surface area contributed by atoms with Crippen LogP contribution in [0.2, 0.25) is 0 Å². The van der Waals surface area contributed by atoms with Crippen LogP contribution in [0.4, 0.5) is 0 Å². The molecular formula is C42H64N4O2. The van der Waals surface area contributed by atoms with E-state index in [1.807, 2.05) is 25.1 Å². The molecule has 6 rings (SSSR count). The number of rotatable bonds is 8. The van der Waals surface area contributed by atoms with Gasteiger partial charge in [-0.05, 0) is 152 Å². The number of carboxylic acid groups (broad SMARTS) is 1. The second-order valence-electron chi connectivity index (χ2n) is 17.0. The van der Waals surface area contributed by atoms with Crippen LogP contribution in [-0.4, -0.2) is 29.7 Å². The molecule has 1 aromatic carbocycles. The molecule has 5 aliphatic carbocycles. The van der Waals surface area contributed by atoms with Crippen LogP contribution in [0.5, 0.6) is 0 Å². The SMILES string of the molecule is C=CC.CC1(C)C(c2ccc(C(=O)O)cc2)=CCC2(C)C1CCC1(C)C2CCC2C3CCCC3(NCCN/C(N)=C/C=C\N)CC[C@]21C. The molecule has 0 bridgehead atoms. The highest BCUT2D eigenvalue weighted by molar-refractivity contribution is 5.88. The molecule has 7 N–H and O–H groups in total. The van der Waals surface area contributed by atoms with E-state index < -0.39 is 5.97 Å².